The van der Waals surface area contributed by atoms with Crippen molar-refractivity contribution in [1.82, 2.24) is 0 Å². The molecule has 0 aliphatic carbocycles. The van der Waals surface area contributed by atoms with E-state index < -0.39 is 0 Å². The maximum Gasteiger partial charge on any atom is 0.0406 e. The van der Waals surface area contributed by atoms with Gasteiger partial charge in [0.1, 0.15) is 0 Å². The molecule has 0 nitrogen and oxygen atoms in total. The van der Waals surface area contributed by atoms with E-state index in [1.165, 1.54) is 11.1 Å². The van der Waals surface area contributed by atoms with Crippen molar-refractivity contribution in [2.75, 3.05) is 0 Å². The average Bonchev–Trinajstić information content (AvgIpc) is 2.52. The van der Waals surface area contributed by atoms with Crippen LogP contribution in [0.1, 0.15) is 44.7 Å². The SMILES string of the molecule is CC#CC.CC(C)c1ccccc1.Cc1ccc(Cl)cc1. The fraction of sp³-hybridized carbons (Fsp3) is 0.300. The highest BCUT2D eigenvalue weighted by Crippen LogP contribution is 2.11. The quantitative estimate of drug-likeness (QED) is 0.528. The largest absolute Gasteiger partial charge is 0.107 e. The van der Waals surface area contributed by atoms with Gasteiger partial charge in [-0.25, -0.2) is 0 Å². The summed E-state index contributed by atoms with van der Waals surface area (Å²) in [7, 11) is 0. The predicted octanol–water partition coefficient (Wildman–Crippen LogP) is 6.49. The molecule has 0 radical (unpaired) electrons. The lowest BCUT2D eigenvalue weighted by molar-refractivity contribution is 0.867. The molecule has 0 aliphatic heterocycles. The Kier molecular flexibility index (Phi) is 11.1. The number of halogens is 1. The van der Waals surface area contributed by atoms with Crippen LogP contribution in [0.25, 0.3) is 0 Å². The summed E-state index contributed by atoms with van der Waals surface area (Å²) in [5.74, 6) is 6.02. The molecule has 0 amide bonds. The zero-order valence-electron chi connectivity index (χ0n) is 13.7. The highest BCUT2D eigenvalue weighted by atomic mass is 35.5. The molecule has 1 heteroatoms. The van der Waals surface area contributed by atoms with Gasteiger partial charge in [0, 0.05) is 5.02 Å². The first-order valence-corrected chi connectivity index (χ1v) is 7.49. The number of hydrogen-bond acceptors (Lipinski definition) is 0. The first kappa shape index (κ1) is 19.3. The van der Waals surface area contributed by atoms with Crippen molar-refractivity contribution in [3.8, 4) is 11.8 Å². The topological polar surface area (TPSA) is 0 Å². The molecule has 2 rings (SSSR count). The molecule has 0 fully saturated rings. The van der Waals surface area contributed by atoms with Gasteiger partial charge in [-0.1, -0.05) is 73.5 Å². The van der Waals surface area contributed by atoms with Crippen LogP contribution in [0.15, 0.2) is 54.6 Å². The van der Waals surface area contributed by atoms with Crippen molar-refractivity contribution < 1.29 is 0 Å². The monoisotopic (exact) mass is 300 g/mol. The van der Waals surface area contributed by atoms with Gasteiger partial charge < -0.3 is 0 Å². The molecule has 0 saturated heterocycles. The molecular formula is C20H25Cl. The molecule has 0 unspecified atom stereocenters. The van der Waals surface area contributed by atoms with E-state index in [9.17, 15) is 0 Å². The Morgan fingerprint density at radius 1 is 0.810 bits per heavy atom. The second-order valence-corrected chi connectivity index (χ2v) is 5.30. The van der Waals surface area contributed by atoms with Gasteiger partial charge in [0.05, 0.1) is 0 Å². The smallest absolute Gasteiger partial charge is 0.0406 e. The number of benzene rings is 2. The third-order valence-corrected chi connectivity index (χ3v) is 2.98. The van der Waals surface area contributed by atoms with Gasteiger partial charge in [-0.2, -0.15) is 0 Å². The van der Waals surface area contributed by atoms with Gasteiger partial charge in [-0.3, -0.25) is 0 Å². The van der Waals surface area contributed by atoms with Gasteiger partial charge in [0.2, 0.25) is 0 Å². The van der Waals surface area contributed by atoms with E-state index in [4.69, 9.17) is 11.6 Å². The molecule has 2 aromatic rings. The fourth-order valence-corrected chi connectivity index (χ4v) is 1.50. The van der Waals surface area contributed by atoms with Gasteiger partial charge >= 0.3 is 0 Å². The summed E-state index contributed by atoms with van der Waals surface area (Å²) in [6.07, 6.45) is 0. The minimum absolute atomic E-state index is 0.659. The number of aryl methyl sites for hydroxylation is 1. The van der Waals surface area contributed by atoms with E-state index in [0.29, 0.717) is 5.92 Å². The first-order valence-electron chi connectivity index (χ1n) is 7.11. The van der Waals surface area contributed by atoms with Crippen LogP contribution in [-0.2, 0) is 0 Å². The number of hydrogen-bond donors (Lipinski definition) is 0. The minimum Gasteiger partial charge on any atom is -0.107 e. The van der Waals surface area contributed by atoms with Crippen LogP contribution in [0.4, 0.5) is 0 Å². The fourth-order valence-electron chi connectivity index (χ4n) is 1.37. The van der Waals surface area contributed by atoms with Crippen LogP contribution in [0, 0.1) is 18.8 Å². The van der Waals surface area contributed by atoms with Gasteiger partial charge in [0.25, 0.3) is 0 Å². The third-order valence-electron chi connectivity index (χ3n) is 2.73. The van der Waals surface area contributed by atoms with Crippen molar-refractivity contribution in [3.63, 3.8) is 0 Å². The van der Waals surface area contributed by atoms with E-state index in [-0.39, 0.29) is 0 Å². The van der Waals surface area contributed by atoms with Crippen molar-refractivity contribution in [3.05, 3.63) is 70.7 Å². The Morgan fingerprint density at radius 2 is 1.29 bits per heavy atom. The summed E-state index contributed by atoms with van der Waals surface area (Å²) in [6.45, 7) is 10.1. The normalized spacial score (nSPS) is 8.52. The maximum absolute atomic E-state index is 5.61. The van der Waals surface area contributed by atoms with Crippen molar-refractivity contribution in [1.29, 1.82) is 0 Å². The molecule has 0 heterocycles. The molecule has 0 aliphatic rings. The van der Waals surface area contributed by atoms with E-state index >= 15 is 0 Å². The maximum atomic E-state index is 5.61. The van der Waals surface area contributed by atoms with Crippen LogP contribution in [0.5, 0.6) is 0 Å². The standard InChI is InChI=1S/C9H12.C7H7Cl.C4H6/c1-8(2)9-6-4-3-5-7-9;1-6-2-4-7(8)5-3-6;1-3-4-2/h3-8H,1-2H3;2-5H,1H3;1-2H3. The van der Waals surface area contributed by atoms with Crippen molar-refractivity contribution in [2.24, 2.45) is 0 Å². The minimum atomic E-state index is 0.659. The van der Waals surface area contributed by atoms with E-state index in [1.807, 2.05) is 51.1 Å². The zero-order chi connectivity index (χ0) is 16.1. The Hall–Kier alpha value is -1.71. The molecule has 0 bridgehead atoms. The molecule has 2 aromatic carbocycles. The van der Waals surface area contributed by atoms with Crippen LogP contribution >= 0.6 is 11.6 Å². The molecule has 0 N–H and O–H groups in total. The molecule has 0 spiro atoms. The molecule has 0 atom stereocenters. The third kappa shape index (κ3) is 10.7. The lowest BCUT2D eigenvalue weighted by atomic mass is 10.0. The summed E-state index contributed by atoms with van der Waals surface area (Å²) in [6, 6.07) is 18.3. The van der Waals surface area contributed by atoms with Crippen molar-refractivity contribution in [2.45, 2.75) is 40.5 Å². The lowest BCUT2D eigenvalue weighted by Crippen LogP contribution is -1.83. The van der Waals surface area contributed by atoms with Gasteiger partial charge in [-0.15, -0.1) is 11.8 Å². The van der Waals surface area contributed by atoms with Crippen LogP contribution < -0.4 is 0 Å². The van der Waals surface area contributed by atoms with E-state index in [1.54, 1.807) is 0 Å². The number of rotatable bonds is 1. The van der Waals surface area contributed by atoms with Crippen LogP contribution in [0.3, 0.4) is 0 Å². The second-order valence-electron chi connectivity index (χ2n) is 4.86. The molecule has 0 aromatic heterocycles. The second kappa shape index (κ2) is 12.1. The predicted molar refractivity (Wildman–Crippen MR) is 95.8 cm³/mol. The summed E-state index contributed by atoms with van der Waals surface area (Å²) in [5.41, 5.74) is 2.66. The highest BCUT2D eigenvalue weighted by Gasteiger charge is 1.93. The van der Waals surface area contributed by atoms with E-state index in [2.05, 4.69) is 50.0 Å². The van der Waals surface area contributed by atoms with Crippen molar-refractivity contribution >= 4 is 11.6 Å². The average molecular weight is 301 g/mol. The lowest BCUT2D eigenvalue weighted by Gasteiger charge is -2.01. The Bertz CT molecular complexity index is 501. The van der Waals surface area contributed by atoms with Crippen LogP contribution in [0.2, 0.25) is 5.02 Å². The Balaban J connectivity index is 0.000000308. The molecule has 112 valence electrons. The zero-order valence-corrected chi connectivity index (χ0v) is 14.4. The summed E-state index contributed by atoms with van der Waals surface area (Å²) >= 11 is 5.61. The Morgan fingerprint density at radius 3 is 1.57 bits per heavy atom. The van der Waals surface area contributed by atoms with Gasteiger partial charge in [0.15, 0.2) is 0 Å². The molecular weight excluding hydrogens is 276 g/mol. The summed E-state index contributed by atoms with van der Waals surface area (Å²) in [5, 5.41) is 0.801. The van der Waals surface area contributed by atoms with Crippen LogP contribution in [-0.4, -0.2) is 0 Å². The molecule has 0 saturated carbocycles. The van der Waals surface area contributed by atoms with Gasteiger partial charge in [-0.05, 0) is 44.4 Å². The summed E-state index contributed by atoms with van der Waals surface area (Å²) < 4.78 is 0. The summed E-state index contributed by atoms with van der Waals surface area (Å²) in [4.78, 5) is 0. The highest BCUT2D eigenvalue weighted by molar-refractivity contribution is 6.30. The first-order chi connectivity index (χ1) is 10.0. The Labute approximate surface area is 135 Å². The van der Waals surface area contributed by atoms with E-state index in [0.717, 1.165) is 5.02 Å². The molecule has 21 heavy (non-hydrogen) atoms.